The van der Waals surface area contributed by atoms with Crippen molar-refractivity contribution in [1.29, 1.82) is 0 Å². The summed E-state index contributed by atoms with van der Waals surface area (Å²) in [7, 11) is -4.42. The molecule has 3 N–H and O–H groups in total. The first-order valence-electron chi connectivity index (χ1n) is 5.18. The minimum absolute atomic E-state index is 0.0194. The summed E-state index contributed by atoms with van der Waals surface area (Å²) >= 11 is 5.73. The van der Waals surface area contributed by atoms with Crippen molar-refractivity contribution in [3.05, 3.63) is 22.7 Å². The molecular formula is C10H11ClF4N2O2S. The monoisotopic (exact) mass is 334 g/mol. The molecule has 0 aliphatic rings. The lowest BCUT2D eigenvalue weighted by molar-refractivity contribution is -0.122. The Labute approximate surface area is 118 Å². The number of nitrogens with two attached hydrogens (primary N) is 1. The van der Waals surface area contributed by atoms with Gasteiger partial charge in [-0.05, 0) is 24.6 Å². The Kier molecular flexibility index (Phi) is 4.88. The van der Waals surface area contributed by atoms with Crippen LogP contribution in [0.4, 0.5) is 23.2 Å². The van der Waals surface area contributed by atoms with Crippen LogP contribution in [0.1, 0.15) is 5.56 Å². The van der Waals surface area contributed by atoms with Crippen molar-refractivity contribution in [2.24, 2.45) is 0 Å². The zero-order chi connectivity index (χ0) is 15.7. The van der Waals surface area contributed by atoms with Gasteiger partial charge in [0, 0.05) is 10.7 Å². The number of hydrogen-bond acceptors (Lipinski definition) is 3. The molecule has 0 heterocycles. The van der Waals surface area contributed by atoms with Crippen LogP contribution in [0.25, 0.3) is 0 Å². The smallest absolute Gasteiger partial charge is 0.320 e. The van der Waals surface area contributed by atoms with E-state index in [0.29, 0.717) is 5.56 Å². The summed E-state index contributed by atoms with van der Waals surface area (Å²) in [6.45, 7) is -0.190. The lowest BCUT2D eigenvalue weighted by atomic mass is 10.2. The van der Waals surface area contributed by atoms with Crippen LogP contribution in [0.5, 0.6) is 0 Å². The molecule has 0 atom stereocenters. The Hall–Kier alpha value is -1.06. The van der Waals surface area contributed by atoms with Crippen LogP contribution >= 0.6 is 11.6 Å². The third kappa shape index (κ3) is 3.74. The van der Waals surface area contributed by atoms with Gasteiger partial charge in [0.15, 0.2) is 0 Å². The third-order valence-corrected chi connectivity index (χ3v) is 4.26. The molecule has 0 aliphatic heterocycles. The number of hydrogen-bond donors (Lipinski definition) is 2. The van der Waals surface area contributed by atoms with Gasteiger partial charge < -0.3 is 5.73 Å². The van der Waals surface area contributed by atoms with E-state index in [-0.39, 0.29) is 10.7 Å². The summed E-state index contributed by atoms with van der Waals surface area (Å²) < 4.78 is 74.1. The van der Waals surface area contributed by atoms with E-state index in [0.717, 1.165) is 12.1 Å². The molecule has 0 saturated carbocycles. The molecule has 0 aromatic heterocycles. The van der Waals surface area contributed by atoms with Crippen molar-refractivity contribution in [3.8, 4) is 0 Å². The number of rotatable bonds is 5. The number of alkyl halides is 4. The highest BCUT2D eigenvalue weighted by atomic mass is 35.5. The van der Waals surface area contributed by atoms with Crippen molar-refractivity contribution in [2.45, 2.75) is 24.2 Å². The summed E-state index contributed by atoms with van der Waals surface area (Å²) in [6, 6.07) is 2.00. The zero-order valence-electron chi connectivity index (χ0n) is 10.1. The average Bonchev–Trinajstić information content (AvgIpc) is 2.33. The molecule has 1 aromatic rings. The fourth-order valence-electron chi connectivity index (χ4n) is 1.18. The first kappa shape index (κ1) is 17.0. The van der Waals surface area contributed by atoms with Gasteiger partial charge in [-0.2, -0.15) is 8.78 Å². The summed E-state index contributed by atoms with van der Waals surface area (Å²) in [5.41, 5.74) is 5.96. The van der Waals surface area contributed by atoms with Crippen molar-refractivity contribution in [1.82, 2.24) is 4.72 Å². The highest BCUT2D eigenvalue weighted by Gasteiger charge is 2.41. The predicted molar refractivity (Wildman–Crippen MR) is 66.7 cm³/mol. The Morgan fingerprint density at radius 1 is 1.40 bits per heavy atom. The number of anilines is 1. The second-order valence-electron chi connectivity index (χ2n) is 4.01. The van der Waals surface area contributed by atoms with Gasteiger partial charge >= 0.3 is 12.3 Å². The Bertz CT molecular complexity index is 584. The first-order chi connectivity index (χ1) is 8.97. The number of sulfonamides is 1. The van der Waals surface area contributed by atoms with E-state index in [4.69, 9.17) is 17.3 Å². The third-order valence-electron chi connectivity index (χ3n) is 2.49. The summed E-state index contributed by atoms with van der Waals surface area (Å²) in [5, 5.41) is 0.0194. The zero-order valence-corrected chi connectivity index (χ0v) is 11.7. The molecular weight excluding hydrogens is 324 g/mol. The molecule has 0 fully saturated rings. The van der Waals surface area contributed by atoms with Crippen LogP contribution < -0.4 is 10.5 Å². The number of halogens is 5. The Balaban J connectivity index is 3.01. The molecule has 20 heavy (non-hydrogen) atoms. The second kappa shape index (κ2) is 5.74. The molecule has 0 radical (unpaired) electrons. The molecule has 0 unspecified atom stereocenters. The van der Waals surface area contributed by atoms with Gasteiger partial charge in [-0.15, -0.1) is 0 Å². The first-order valence-corrected chi connectivity index (χ1v) is 7.05. The summed E-state index contributed by atoms with van der Waals surface area (Å²) in [5.74, 6) is -4.47. The topological polar surface area (TPSA) is 72.2 Å². The predicted octanol–water partition coefficient (Wildman–Crippen LogP) is 2.41. The minimum Gasteiger partial charge on any atom is -0.398 e. The number of benzene rings is 1. The highest BCUT2D eigenvalue weighted by molar-refractivity contribution is 7.89. The summed E-state index contributed by atoms with van der Waals surface area (Å²) in [4.78, 5) is -0.476. The maximum atomic E-state index is 12.7. The molecule has 0 amide bonds. The SMILES string of the molecule is Cc1c(N)cc(S(=O)(=O)NCC(F)(F)C(F)F)cc1Cl. The van der Waals surface area contributed by atoms with Crippen molar-refractivity contribution in [3.63, 3.8) is 0 Å². The number of nitrogen functional groups attached to an aromatic ring is 1. The van der Waals surface area contributed by atoms with Gasteiger partial charge in [0.05, 0.1) is 11.4 Å². The molecule has 114 valence electrons. The molecule has 0 bridgehead atoms. The van der Waals surface area contributed by atoms with Crippen LogP contribution in [0, 0.1) is 6.92 Å². The van der Waals surface area contributed by atoms with E-state index in [1.807, 2.05) is 0 Å². The molecule has 10 heteroatoms. The molecule has 0 spiro atoms. The Morgan fingerprint density at radius 3 is 2.40 bits per heavy atom. The van der Waals surface area contributed by atoms with Gasteiger partial charge in [-0.3, -0.25) is 0 Å². The van der Waals surface area contributed by atoms with E-state index in [2.05, 4.69) is 0 Å². The van der Waals surface area contributed by atoms with Crippen LogP contribution in [0.2, 0.25) is 5.02 Å². The second-order valence-corrected chi connectivity index (χ2v) is 6.18. The fraction of sp³-hybridized carbons (Fsp3) is 0.400. The van der Waals surface area contributed by atoms with E-state index < -0.39 is 33.8 Å². The van der Waals surface area contributed by atoms with Gasteiger partial charge in [0.1, 0.15) is 0 Å². The maximum Gasteiger partial charge on any atom is 0.320 e. The fourth-order valence-corrected chi connectivity index (χ4v) is 2.58. The normalized spacial score (nSPS) is 12.9. The van der Waals surface area contributed by atoms with E-state index >= 15 is 0 Å². The highest BCUT2D eigenvalue weighted by Crippen LogP contribution is 2.27. The average molecular weight is 335 g/mol. The van der Waals surface area contributed by atoms with Crippen LogP contribution in [-0.4, -0.2) is 27.3 Å². The molecule has 0 aliphatic carbocycles. The molecule has 1 rings (SSSR count). The van der Waals surface area contributed by atoms with Gasteiger partial charge in [-0.25, -0.2) is 21.9 Å². The van der Waals surface area contributed by atoms with E-state index in [1.165, 1.54) is 11.6 Å². The Morgan fingerprint density at radius 2 is 1.95 bits per heavy atom. The van der Waals surface area contributed by atoms with Crippen LogP contribution in [-0.2, 0) is 10.0 Å². The van der Waals surface area contributed by atoms with Gasteiger partial charge in [-0.1, -0.05) is 11.6 Å². The quantitative estimate of drug-likeness (QED) is 0.641. The van der Waals surface area contributed by atoms with Gasteiger partial charge in [0.2, 0.25) is 10.0 Å². The lowest BCUT2D eigenvalue weighted by Crippen LogP contribution is -2.41. The molecule has 4 nitrogen and oxygen atoms in total. The largest absolute Gasteiger partial charge is 0.398 e. The molecule has 1 aromatic carbocycles. The number of nitrogens with one attached hydrogen (secondary N) is 1. The standard InChI is InChI=1S/C10H11ClF4N2O2S/c1-5-7(11)2-6(3-8(5)16)20(18,19)17-4-10(14,15)9(12)13/h2-3,9,17H,4,16H2,1H3. The van der Waals surface area contributed by atoms with Gasteiger partial charge in [0.25, 0.3) is 0 Å². The molecule has 0 saturated heterocycles. The van der Waals surface area contributed by atoms with Crippen molar-refractivity contribution >= 4 is 27.3 Å². The van der Waals surface area contributed by atoms with Crippen LogP contribution in [0.15, 0.2) is 17.0 Å². The van der Waals surface area contributed by atoms with E-state index in [1.54, 1.807) is 0 Å². The maximum absolute atomic E-state index is 12.7. The van der Waals surface area contributed by atoms with Crippen molar-refractivity contribution < 1.29 is 26.0 Å². The van der Waals surface area contributed by atoms with E-state index in [9.17, 15) is 26.0 Å². The lowest BCUT2D eigenvalue weighted by Gasteiger charge is -2.16. The van der Waals surface area contributed by atoms with Crippen molar-refractivity contribution in [2.75, 3.05) is 12.3 Å². The van der Waals surface area contributed by atoms with Crippen LogP contribution in [0.3, 0.4) is 0 Å². The summed E-state index contributed by atoms with van der Waals surface area (Å²) in [6.07, 6.45) is -3.98. The minimum atomic E-state index is -4.47.